The minimum absolute atomic E-state index is 0. The van der Waals surface area contributed by atoms with Crippen molar-refractivity contribution in [2.75, 3.05) is 0 Å². The van der Waals surface area contributed by atoms with Crippen molar-refractivity contribution in [3.05, 3.63) is 0 Å². The summed E-state index contributed by atoms with van der Waals surface area (Å²) in [7, 11) is 0. The van der Waals surface area contributed by atoms with Crippen LogP contribution in [-0.4, -0.2) is 48.9 Å². The molecule has 0 aromatic rings. The predicted octanol–water partition coefficient (Wildman–Crippen LogP) is -1.04. The van der Waals surface area contributed by atoms with Crippen LogP contribution >= 0.6 is 0 Å². The summed E-state index contributed by atoms with van der Waals surface area (Å²) in [4.78, 5) is 0. The quantitative estimate of drug-likeness (QED) is 0.430. The average molecular weight is 453 g/mol. The summed E-state index contributed by atoms with van der Waals surface area (Å²) < 4.78 is 8.28. The first-order chi connectivity index (χ1) is 1.00. The van der Waals surface area contributed by atoms with Crippen molar-refractivity contribution in [3.8, 4) is 0 Å². The van der Waals surface area contributed by atoms with Crippen molar-refractivity contribution in [1.29, 1.82) is 0 Å². The molecule has 0 aliphatic carbocycles. The molecule has 0 aromatic carbocycles. The minimum atomic E-state index is 0. The first kappa shape index (κ1) is 15.7. The summed E-state index contributed by atoms with van der Waals surface area (Å²) in [6.07, 6.45) is 0. The van der Waals surface area contributed by atoms with Gasteiger partial charge in [0.15, 0.2) is 0 Å². The van der Waals surface area contributed by atoms with E-state index >= 15 is 0 Å². The van der Waals surface area contributed by atoms with E-state index in [0.29, 0.717) is 38.0 Å². The van der Waals surface area contributed by atoms with Crippen molar-refractivity contribution in [1.82, 2.24) is 0 Å². The molecule has 0 aliphatic rings. The molecular weight excluding hydrogens is 451 g/mol. The Morgan fingerprint density at radius 2 is 1.25 bits per heavy atom. The Hall–Kier alpha value is 4.07. The van der Waals surface area contributed by atoms with Crippen LogP contribution in [0.25, 0.3) is 0 Å². The second kappa shape index (κ2) is 15.7. The fourth-order valence-electron chi connectivity index (χ4n) is 0. The van der Waals surface area contributed by atoms with E-state index in [2.05, 4.69) is 0 Å². The zero-order valence-electron chi connectivity index (χ0n) is 1.26. The Morgan fingerprint density at radius 3 is 1.25 bits per heavy atom. The first-order valence-corrected chi connectivity index (χ1v) is 1.07. The summed E-state index contributed by atoms with van der Waals surface area (Å²) in [5.74, 6) is 0. The van der Waals surface area contributed by atoms with Gasteiger partial charge in [0.25, 0.3) is 0 Å². The van der Waals surface area contributed by atoms with Crippen molar-refractivity contribution in [3.63, 3.8) is 0 Å². The molecule has 0 fully saturated rings. The van der Waals surface area contributed by atoms with E-state index < -0.39 is 0 Å². The van der Waals surface area contributed by atoms with Crippen LogP contribution in [0, 0.1) is 79.8 Å². The van der Waals surface area contributed by atoms with Gasteiger partial charge in [0, 0.05) is 41.7 Å². The van der Waals surface area contributed by atoms with Crippen LogP contribution in [0.15, 0.2) is 0 Å². The van der Waals surface area contributed by atoms with Crippen molar-refractivity contribution >= 4 is 48.9 Å². The maximum atomic E-state index is 8.28. The van der Waals surface area contributed by atoms with Gasteiger partial charge in [-0.3, -0.25) is 0 Å². The van der Waals surface area contributed by atoms with Crippen LogP contribution in [-0.2, 0) is 1.16 Å². The average Bonchev–Trinajstić information content (AvgIpc) is 1.00. The number of hydrogen-bond donors (Lipinski definition) is 0. The summed E-state index contributed by atoms with van der Waals surface area (Å²) in [5.41, 5.74) is 0. The van der Waals surface area contributed by atoms with E-state index in [1.807, 2.05) is 0 Å². The van der Waals surface area contributed by atoms with Crippen LogP contribution in [0.4, 0.5) is 0 Å². The third kappa shape index (κ3) is 9.42. The van der Waals surface area contributed by atoms with Gasteiger partial charge in [0.05, 0.1) is 0 Å². The van der Waals surface area contributed by atoms with E-state index in [4.69, 9.17) is 1.16 Å². The van der Waals surface area contributed by atoms with Gasteiger partial charge in [-0.25, -0.2) is 0 Å². The van der Waals surface area contributed by atoms with E-state index in [9.17, 15) is 0 Å². The molecule has 0 N–H and O–H groups in total. The molecule has 22 valence electrons. The van der Waals surface area contributed by atoms with Crippen molar-refractivity contribution in [2.24, 2.45) is 0 Å². The summed E-state index contributed by atoms with van der Waals surface area (Å²) in [6.45, 7) is 0. The van der Waals surface area contributed by atoms with E-state index in [-0.39, 0.29) is 90.6 Å². The van der Waals surface area contributed by atoms with E-state index in [0.717, 1.165) is 0 Å². The molecule has 0 atom stereocenters. The topological polar surface area (TPSA) is 17.1 Å². The Balaban J connectivity index is -0.00000000500. The third-order valence-corrected chi connectivity index (χ3v) is 0. The van der Waals surface area contributed by atoms with Crippen molar-refractivity contribution in [2.45, 2.75) is 0 Å². The molecule has 0 aromatic heterocycles. The fraction of sp³-hybridized carbons (Fsp3) is 0. The molecule has 0 heterocycles. The SMILES string of the molecule is [BaH2].[Ce].[O]=[Gd]. The monoisotopic (exact) mass is 454 g/mol. The van der Waals surface area contributed by atoms with Gasteiger partial charge < -0.3 is 0 Å². The second-order valence-electron chi connectivity index (χ2n) is 0. The van der Waals surface area contributed by atoms with Gasteiger partial charge in [-0.1, -0.05) is 0 Å². The maximum absolute atomic E-state index is 8.28. The Labute approximate surface area is 125 Å². The van der Waals surface area contributed by atoms with Crippen LogP contribution in [0.3, 0.4) is 0 Å². The van der Waals surface area contributed by atoms with Gasteiger partial charge in [-0.15, -0.1) is 0 Å². The Bertz CT molecular complexity index is 8.00. The Morgan fingerprint density at radius 1 is 1.25 bits per heavy atom. The first-order valence-electron chi connectivity index (χ1n) is 0.144. The van der Waals surface area contributed by atoms with Gasteiger partial charge in [0.2, 0.25) is 0 Å². The molecule has 0 spiro atoms. The van der Waals surface area contributed by atoms with Crippen LogP contribution < -0.4 is 0 Å². The normalized spacial score (nSPS) is 1.25. The molecule has 0 aliphatic heterocycles. The van der Waals surface area contributed by atoms with E-state index in [1.54, 1.807) is 0 Å². The van der Waals surface area contributed by atoms with Gasteiger partial charge in [-0.2, -0.15) is 0 Å². The summed E-state index contributed by atoms with van der Waals surface area (Å²) in [6, 6.07) is 0. The zero-order valence-corrected chi connectivity index (χ0v) is 6.67. The zero-order chi connectivity index (χ0) is 2.00. The fourth-order valence-corrected chi connectivity index (χ4v) is 0. The van der Waals surface area contributed by atoms with Gasteiger partial charge >= 0.3 is 88.1 Å². The molecule has 0 radical (unpaired) electrons. The molecule has 1 nitrogen and oxygen atoms in total. The molecule has 0 saturated carbocycles. The van der Waals surface area contributed by atoms with Crippen LogP contribution in [0.2, 0.25) is 0 Å². The molecule has 0 saturated heterocycles. The molecule has 4 heteroatoms. The standard InChI is InChI=1S/Ba.Ce.Gd.O.2H. The van der Waals surface area contributed by atoms with Crippen molar-refractivity contribution < 1.29 is 80.9 Å². The molecular formula is H2BaCeGdO. The third-order valence-electron chi connectivity index (χ3n) is 0. The summed E-state index contributed by atoms with van der Waals surface area (Å²) in [5, 5.41) is 0. The van der Waals surface area contributed by atoms with Crippen LogP contribution in [0.5, 0.6) is 0 Å². The molecule has 0 bridgehead atoms. The number of rotatable bonds is 0. The van der Waals surface area contributed by atoms with Gasteiger partial charge in [-0.05, 0) is 0 Å². The van der Waals surface area contributed by atoms with Gasteiger partial charge in [0.1, 0.15) is 0 Å². The van der Waals surface area contributed by atoms with E-state index in [1.165, 1.54) is 0 Å². The number of hydrogen-bond acceptors (Lipinski definition) is 1. The predicted molar refractivity (Wildman–Crippen MR) is 9.23 cm³/mol. The summed E-state index contributed by atoms with van der Waals surface area (Å²) >= 11 is 0.611. The molecule has 0 unspecified atom stereocenters. The molecule has 0 amide bonds. The second-order valence-corrected chi connectivity index (χ2v) is 0. The molecule has 0 rings (SSSR count). The van der Waals surface area contributed by atoms with Crippen LogP contribution in [0.1, 0.15) is 0 Å². The Kier molecular flexibility index (Phi) is 61.7. The molecule has 4 heavy (non-hydrogen) atoms.